The average molecular weight is 286 g/mol. The van der Waals surface area contributed by atoms with Crippen molar-refractivity contribution in [1.29, 1.82) is 0 Å². The van der Waals surface area contributed by atoms with Gasteiger partial charge < -0.3 is 15.0 Å². The summed E-state index contributed by atoms with van der Waals surface area (Å²) in [6.07, 6.45) is 1.79. The average Bonchev–Trinajstić information content (AvgIpc) is 2.35. The molecule has 0 rings (SSSR count). The predicted octanol–water partition coefficient (Wildman–Crippen LogP) is 2.53. The molecule has 0 amide bonds. The van der Waals surface area contributed by atoms with E-state index in [0.29, 0.717) is 11.8 Å². The highest BCUT2D eigenvalue weighted by Crippen LogP contribution is 2.15. The zero-order valence-electron chi connectivity index (χ0n) is 14.5. The van der Waals surface area contributed by atoms with Crippen LogP contribution in [0, 0.1) is 11.8 Å². The van der Waals surface area contributed by atoms with E-state index in [1.807, 2.05) is 14.0 Å². The highest BCUT2D eigenvalue weighted by atomic mass is 16.5. The summed E-state index contributed by atoms with van der Waals surface area (Å²) < 4.78 is 4.88. The summed E-state index contributed by atoms with van der Waals surface area (Å²) in [5.74, 6) is 1.16. The van der Waals surface area contributed by atoms with Gasteiger partial charge >= 0.3 is 5.97 Å². The SMILES string of the molecule is CNC(C)(CCCN(CC(C)C)CC(C)C)C(=O)OC. The van der Waals surface area contributed by atoms with Gasteiger partial charge in [-0.1, -0.05) is 27.7 Å². The Hall–Kier alpha value is -0.610. The Morgan fingerprint density at radius 2 is 1.70 bits per heavy atom. The van der Waals surface area contributed by atoms with Crippen LogP contribution in [-0.4, -0.2) is 50.2 Å². The molecule has 0 aliphatic carbocycles. The number of carbonyl (C=O) groups is 1. The lowest BCUT2D eigenvalue weighted by Crippen LogP contribution is -2.48. The van der Waals surface area contributed by atoms with Gasteiger partial charge in [-0.2, -0.15) is 0 Å². The van der Waals surface area contributed by atoms with Gasteiger partial charge in [0, 0.05) is 13.1 Å². The molecular weight excluding hydrogens is 252 g/mol. The van der Waals surface area contributed by atoms with E-state index in [2.05, 4.69) is 37.9 Å². The number of hydrogen-bond acceptors (Lipinski definition) is 4. The molecule has 0 spiro atoms. The Morgan fingerprint density at radius 1 is 1.20 bits per heavy atom. The second-order valence-corrected chi connectivity index (χ2v) is 6.72. The summed E-state index contributed by atoms with van der Waals surface area (Å²) in [4.78, 5) is 14.3. The summed E-state index contributed by atoms with van der Waals surface area (Å²) in [6.45, 7) is 14.2. The van der Waals surface area contributed by atoms with Crippen molar-refractivity contribution in [3.8, 4) is 0 Å². The number of ether oxygens (including phenoxy) is 1. The Morgan fingerprint density at radius 3 is 2.05 bits per heavy atom. The molecule has 4 heteroatoms. The van der Waals surface area contributed by atoms with Crippen molar-refractivity contribution in [3.63, 3.8) is 0 Å². The number of esters is 1. The van der Waals surface area contributed by atoms with Crippen molar-refractivity contribution in [2.75, 3.05) is 33.8 Å². The normalized spacial score (nSPS) is 14.9. The first-order valence-electron chi connectivity index (χ1n) is 7.74. The molecule has 0 bridgehead atoms. The fraction of sp³-hybridized carbons (Fsp3) is 0.938. The molecule has 0 aliphatic heterocycles. The number of nitrogens with zero attached hydrogens (tertiary/aromatic N) is 1. The van der Waals surface area contributed by atoms with Crippen LogP contribution in [0.25, 0.3) is 0 Å². The van der Waals surface area contributed by atoms with Gasteiger partial charge in [-0.15, -0.1) is 0 Å². The first-order chi connectivity index (χ1) is 9.25. The quantitative estimate of drug-likeness (QED) is 0.627. The standard InChI is InChI=1S/C16H34N2O2/c1-13(2)11-18(12-14(3)4)10-8-9-16(5,17-6)15(19)20-7/h13-14,17H,8-12H2,1-7H3. The smallest absolute Gasteiger partial charge is 0.325 e. The zero-order valence-corrected chi connectivity index (χ0v) is 14.5. The molecule has 0 aromatic rings. The summed E-state index contributed by atoms with van der Waals surface area (Å²) in [5, 5.41) is 3.09. The summed E-state index contributed by atoms with van der Waals surface area (Å²) in [6, 6.07) is 0. The van der Waals surface area contributed by atoms with E-state index in [1.54, 1.807) is 0 Å². The molecule has 0 aromatic heterocycles. The number of methoxy groups -OCH3 is 1. The fourth-order valence-corrected chi connectivity index (χ4v) is 2.50. The minimum atomic E-state index is -0.573. The highest BCUT2D eigenvalue weighted by Gasteiger charge is 2.31. The molecule has 0 aromatic carbocycles. The Labute approximate surface area is 125 Å². The monoisotopic (exact) mass is 286 g/mol. The van der Waals surface area contributed by atoms with Gasteiger partial charge in [0.2, 0.25) is 0 Å². The number of carbonyl (C=O) groups excluding carboxylic acids is 1. The van der Waals surface area contributed by atoms with E-state index < -0.39 is 5.54 Å². The van der Waals surface area contributed by atoms with E-state index >= 15 is 0 Å². The number of likely N-dealkylation sites (N-methyl/N-ethyl adjacent to an activating group) is 1. The molecule has 120 valence electrons. The van der Waals surface area contributed by atoms with Gasteiger partial charge in [0.15, 0.2) is 0 Å². The van der Waals surface area contributed by atoms with Crippen LogP contribution in [0.2, 0.25) is 0 Å². The second-order valence-electron chi connectivity index (χ2n) is 6.72. The highest BCUT2D eigenvalue weighted by molar-refractivity contribution is 5.80. The molecule has 20 heavy (non-hydrogen) atoms. The van der Waals surface area contributed by atoms with E-state index in [9.17, 15) is 4.79 Å². The Bertz CT molecular complexity index is 270. The molecule has 0 saturated carbocycles. The van der Waals surface area contributed by atoms with Crippen molar-refractivity contribution in [3.05, 3.63) is 0 Å². The third-order valence-electron chi connectivity index (χ3n) is 3.59. The van der Waals surface area contributed by atoms with Gasteiger partial charge in [0.05, 0.1) is 7.11 Å². The first-order valence-corrected chi connectivity index (χ1v) is 7.74. The van der Waals surface area contributed by atoms with E-state index in [0.717, 1.165) is 32.5 Å². The Kier molecular flexibility index (Phi) is 9.06. The van der Waals surface area contributed by atoms with Crippen LogP contribution in [-0.2, 0) is 9.53 Å². The lowest BCUT2D eigenvalue weighted by atomic mass is 9.96. The summed E-state index contributed by atoms with van der Waals surface area (Å²) >= 11 is 0. The van der Waals surface area contributed by atoms with Crippen LogP contribution in [0.15, 0.2) is 0 Å². The molecule has 0 saturated heterocycles. The van der Waals surface area contributed by atoms with Crippen LogP contribution in [0.1, 0.15) is 47.5 Å². The Balaban J connectivity index is 4.36. The van der Waals surface area contributed by atoms with Crippen molar-refractivity contribution in [2.45, 2.75) is 53.0 Å². The van der Waals surface area contributed by atoms with Crippen molar-refractivity contribution in [1.82, 2.24) is 10.2 Å². The lowest BCUT2D eigenvalue weighted by Gasteiger charge is -2.29. The van der Waals surface area contributed by atoms with Gasteiger partial charge in [-0.3, -0.25) is 4.79 Å². The van der Waals surface area contributed by atoms with Crippen LogP contribution in [0.5, 0.6) is 0 Å². The molecule has 1 unspecified atom stereocenters. The van der Waals surface area contributed by atoms with Crippen LogP contribution < -0.4 is 5.32 Å². The molecule has 1 N–H and O–H groups in total. The maximum atomic E-state index is 11.8. The third kappa shape index (κ3) is 7.25. The predicted molar refractivity (Wildman–Crippen MR) is 84.8 cm³/mol. The third-order valence-corrected chi connectivity index (χ3v) is 3.59. The lowest BCUT2D eigenvalue weighted by molar-refractivity contribution is -0.148. The molecule has 4 nitrogen and oxygen atoms in total. The van der Waals surface area contributed by atoms with E-state index in [4.69, 9.17) is 4.74 Å². The van der Waals surface area contributed by atoms with Gasteiger partial charge in [0.25, 0.3) is 0 Å². The molecular formula is C16H34N2O2. The number of nitrogens with one attached hydrogen (secondary N) is 1. The summed E-state index contributed by atoms with van der Waals surface area (Å²) in [7, 11) is 3.26. The van der Waals surface area contributed by atoms with Gasteiger partial charge in [-0.05, 0) is 45.2 Å². The number of rotatable bonds is 10. The van der Waals surface area contributed by atoms with Crippen molar-refractivity contribution in [2.24, 2.45) is 11.8 Å². The largest absolute Gasteiger partial charge is 0.468 e. The second kappa shape index (κ2) is 9.35. The van der Waals surface area contributed by atoms with Gasteiger partial charge in [0.1, 0.15) is 5.54 Å². The maximum absolute atomic E-state index is 11.8. The first kappa shape index (κ1) is 19.4. The van der Waals surface area contributed by atoms with Crippen molar-refractivity contribution >= 4 is 5.97 Å². The zero-order chi connectivity index (χ0) is 15.8. The fourth-order valence-electron chi connectivity index (χ4n) is 2.50. The van der Waals surface area contributed by atoms with Gasteiger partial charge in [-0.25, -0.2) is 0 Å². The minimum Gasteiger partial charge on any atom is -0.468 e. The maximum Gasteiger partial charge on any atom is 0.325 e. The molecule has 0 fully saturated rings. The van der Waals surface area contributed by atoms with E-state index in [-0.39, 0.29) is 5.97 Å². The summed E-state index contributed by atoms with van der Waals surface area (Å²) in [5.41, 5.74) is -0.573. The van der Waals surface area contributed by atoms with Crippen molar-refractivity contribution < 1.29 is 9.53 Å². The van der Waals surface area contributed by atoms with E-state index in [1.165, 1.54) is 7.11 Å². The topological polar surface area (TPSA) is 41.6 Å². The number of hydrogen-bond donors (Lipinski definition) is 1. The molecule has 0 radical (unpaired) electrons. The van der Waals surface area contributed by atoms with Crippen LogP contribution in [0.4, 0.5) is 0 Å². The van der Waals surface area contributed by atoms with Crippen LogP contribution >= 0.6 is 0 Å². The molecule has 0 heterocycles. The molecule has 1 atom stereocenters. The van der Waals surface area contributed by atoms with Crippen LogP contribution in [0.3, 0.4) is 0 Å². The minimum absolute atomic E-state index is 0.181. The molecule has 0 aliphatic rings.